The van der Waals surface area contributed by atoms with Crippen LogP contribution in [0.1, 0.15) is 20.8 Å². The summed E-state index contributed by atoms with van der Waals surface area (Å²) < 4.78 is 10.4. The number of Topliss-reactive ketones (excluding diaryl/α,β-unsaturated/α-hetero) is 1. The molecule has 0 heterocycles. The lowest BCUT2D eigenvalue weighted by Crippen LogP contribution is -2.19. The number of rotatable bonds is 4. The highest BCUT2D eigenvalue weighted by atomic mass is 32.2. The Hall–Kier alpha value is -0.130. The highest BCUT2D eigenvalue weighted by Crippen LogP contribution is 2.16. The van der Waals surface area contributed by atoms with E-state index in [9.17, 15) is 4.79 Å². The van der Waals surface area contributed by atoms with Crippen molar-refractivity contribution >= 4 is 34.1 Å². The summed E-state index contributed by atoms with van der Waals surface area (Å²) in [5.41, 5.74) is -0.550. The lowest BCUT2D eigenvalue weighted by Gasteiger charge is -2.14. The van der Waals surface area contributed by atoms with E-state index in [0.29, 0.717) is 4.38 Å². The number of ketones is 1. The molecule has 0 fully saturated rings. The standard InChI is InChI=1S/C8H14O3S2/c1-5(2)11-8(12)13-7(10-4)6(3)9/h5,7H,1-4H3. The minimum absolute atomic E-state index is 0.0319. The van der Waals surface area contributed by atoms with Crippen LogP contribution in [0.3, 0.4) is 0 Å². The zero-order chi connectivity index (χ0) is 10.4. The van der Waals surface area contributed by atoms with Crippen LogP contribution in [0.2, 0.25) is 0 Å². The molecule has 1 atom stereocenters. The topological polar surface area (TPSA) is 35.5 Å². The molecule has 13 heavy (non-hydrogen) atoms. The van der Waals surface area contributed by atoms with E-state index in [1.807, 2.05) is 13.8 Å². The fourth-order valence-electron chi connectivity index (χ4n) is 0.605. The minimum Gasteiger partial charge on any atom is -0.476 e. The first-order valence-electron chi connectivity index (χ1n) is 3.88. The molecule has 0 aromatic carbocycles. The summed E-state index contributed by atoms with van der Waals surface area (Å²) in [5, 5.41) is 0. The highest BCUT2D eigenvalue weighted by molar-refractivity contribution is 8.23. The average Bonchev–Trinajstić information content (AvgIpc) is 1.98. The van der Waals surface area contributed by atoms with Crippen LogP contribution in [0.5, 0.6) is 0 Å². The molecule has 0 rings (SSSR count). The third-order valence-electron chi connectivity index (χ3n) is 1.08. The predicted molar refractivity (Wildman–Crippen MR) is 57.9 cm³/mol. The molecule has 1 unspecified atom stereocenters. The molecule has 0 aliphatic heterocycles. The maximum Gasteiger partial charge on any atom is 0.223 e. The fraction of sp³-hybridized carbons (Fsp3) is 0.750. The molecular weight excluding hydrogens is 208 g/mol. The quantitative estimate of drug-likeness (QED) is 0.537. The summed E-state index contributed by atoms with van der Waals surface area (Å²) in [5.74, 6) is -0.0674. The largest absolute Gasteiger partial charge is 0.476 e. The Balaban J connectivity index is 3.94. The van der Waals surface area contributed by atoms with Gasteiger partial charge in [0, 0.05) is 7.11 Å². The zero-order valence-corrected chi connectivity index (χ0v) is 9.83. The van der Waals surface area contributed by atoms with Gasteiger partial charge in [0.05, 0.1) is 6.10 Å². The van der Waals surface area contributed by atoms with E-state index in [1.165, 1.54) is 14.0 Å². The summed E-state index contributed by atoms with van der Waals surface area (Å²) in [4.78, 5) is 10.9. The van der Waals surface area contributed by atoms with Gasteiger partial charge in [-0.05, 0) is 44.8 Å². The Morgan fingerprint density at radius 3 is 2.31 bits per heavy atom. The first-order valence-corrected chi connectivity index (χ1v) is 5.16. The lowest BCUT2D eigenvalue weighted by molar-refractivity contribution is -0.122. The van der Waals surface area contributed by atoms with E-state index in [1.54, 1.807) is 0 Å². The molecule has 0 aliphatic rings. The van der Waals surface area contributed by atoms with Crippen LogP contribution in [0.15, 0.2) is 0 Å². The maximum atomic E-state index is 10.9. The van der Waals surface area contributed by atoms with Gasteiger partial charge < -0.3 is 9.47 Å². The van der Waals surface area contributed by atoms with Crippen LogP contribution in [-0.4, -0.2) is 28.8 Å². The molecule has 0 aliphatic carbocycles. The van der Waals surface area contributed by atoms with Crippen LogP contribution in [-0.2, 0) is 14.3 Å². The minimum atomic E-state index is -0.550. The Morgan fingerprint density at radius 2 is 2.00 bits per heavy atom. The molecule has 0 spiro atoms. The van der Waals surface area contributed by atoms with E-state index >= 15 is 0 Å². The molecule has 3 nitrogen and oxygen atoms in total. The number of methoxy groups -OCH3 is 1. The number of ether oxygens (including phenoxy) is 2. The Labute approximate surface area is 88.2 Å². The van der Waals surface area contributed by atoms with Crippen molar-refractivity contribution in [3.63, 3.8) is 0 Å². The molecular formula is C8H14O3S2. The van der Waals surface area contributed by atoms with Gasteiger partial charge >= 0.3 is 0 Å². The fourth-order valence-corrected chi connectivity index (χ4v) is 1.74. The van der Waals surface area contributed by atoms with Crippen LogP contribution in [0, 0.1) is 0 Å². The number of thioether (sulfide) groups is 1. The molecule has 0 amide bonds. The van der Waals surface area contributed by atoms with Gasteiger partial charge in [-0.3, -0.25) is 4.79 Å². The van der Waals surface area contributed by atoms with E-state index in [0.717, 1.165) is 11.8 Å². The summed E-state index contributed by atoms with van der Waals surface area (Å²) >= 11 is 6.02. The summed E-state index contributed by atoms with van der Waals surface area (Å²) in [6, 6.07) is 0. The molecule has 0 saturated carbocycles. The van der Waals surface area contributed by atoms with Gasteiger partial charge in [-0.25, -0.2) is 0 Å². The van der Waals surface area contributed by atoms with Crippen molar-refractivity contribution < 1.29 is 14.3 Å². The normalized spacial score (nSPS) is 12.7. The van der Waals surface area contributed by atoms with Crippen LogP contribution in [0.4, 0.5) is 0 Å². The number of carbonyl (C=O) groups is 1. The molecule has 0 N–H and O–H groups in total. The zero-order valence-electron chi connectivity index (χ0n) is 8.20. The number of hydrogen-bond acceptors (Lipinski definition) is 5. The highest BCUT2D eigenvalue weighted by Gasteiger charge is 2.17. The van der Waals surface area contributed by atoms with Crippen LogP contribution >= 0.6 is 24.0 Å². The molecule has 0 aromatic heterocycles. The van der Waals surface area contributed by atoms with Crippen LogP contribution in [0.25, 0.3) is 0 Å². The third kappa shape index (κ3) is 6.01. The third-order valence-corrected chi connectivity index (χ3v) is 2.49. The van der Waals surface area contributed by atoms with Crippen molar-refractivity contribution in [1.82, 2.24) is 0 Å². The summed E-state index contributed by atoms with van der Waals surface area (Å²) in [6.45, 7) is 5.21. The van der Waals surface area contributed by atoms with Gasteiger partial charge in [-0.1, -0.05) is 0 Å². The summed E-state index contributed by atoms with van der Waals surface area (Å²) in [7, 11) is 1.47. The molecule has 0 bridgehead atoms. The van der Waals surface area contributed by atoms with Crippen molar-refractivity contribution in [2.75, 3.05) is 7.11 Å². The van der Waals surface area contributed by atoms with Gasteiger partial charge in [0.2, 0.25) is 4.38 Å². The molecule has 0 radical (unpaired) electrons. The Kier molecular flexibility index (Phi) is 6.28. The maximum absolute atomic E-state index is 10.9. The number of hydrogen-bond donors (Lipinski definition) is 0. The van der Waals surface area contributed by atoms with Gasteiger partial charge in [-0.15, -0.1) is 0 Å². The van der Waals surface area contributed by atoms with Crippen molar-refractivity contribution in [1.29, 1.82) is 0 Å². The number of carbonyl (C=O) groups excluding carboxylic acids is 1. The van der Waals surface area contributed by atoms with Crippen molar-refractivity contribution in [3.05, 3.63) is 0 Å². The molecule has 5 heteroatoms. The van der Waals surface area contributed by atoms with Gasteiger partial charge in [0.15, 0.2) is 11.2 Å². The summed E-state index contributed by atoms with van der Waals surface area (Å²) in [6.07, 6.45) is 0.0319. The second-order valence-corrected chi connectivity index (χ2v) is 4.38. The Morgan fingerprint density at radius 1 is 1.46 bits per heavy atom. The second kappa shape index (κ2) is 6.34. The van der Waals surface area contributed by atoms with E-state index in [-0.39, 0.29) is 11.9 Å². The van der Waals surface area contributed by atoms with Gasteiger partial charge in [0.25, 0.3) is 0 Å². The van der Waals surface area contributed by atoms with E-state index < -0.39 is 5.44 Å². The van der Waals surface area contributed by atoms with Gasteiger partial charge in [-0.2, -0.15) is 0 Å². The number of thiocarbonyl (C=S) groups is 1. The lowest BCUT2D eigenvalue weighted by atomic mass is 10.5. The Bertz CT molecular complexity index is 192. The average molecular weight is 222 g/mol. The SMILES string of the molecule is COC(SC(=S)OC(C)C)C(C)=O. The molecule has 0 aromatic rings. The first-order chi connectivity index (χ1) is 5.97. The second-order valence-electron chi connectivity index (χ2n) is 2.71. The molecule has 76 valence electrons. The van der Waals surface area contributed by atoms with E-state index in [4.69, 9.17) is 21.7 Å². The van der Waals surface area contributed by atoms with Gasteiger partial charge in [0.1, 0.15) is 0 Å². The monoisotopic (exact) mass is 222 g/mol. The van der Waals surface area contributed by atoms with Crippen molar-refractivity contribution in [2.45, 2.75) is 32.3 Å². The first kappa shape index (κ1) is 12.9. The van der Waals surface area contributed by atoms with Crippen molar-refractivity contribution in [2.24, 2.45) is 0 Å². The van der Waals surface area contributed by atoms with Crippen molar-refractivity contribution in [3.8, 4) is 0 Å². The smallest absolute Gasteiger partial charge is 0.223 e. The van der Waals surface area contributed by atoms with Crippen LogP contribution < -0.4 is 0 Å². The predicted octanol–water partition coefficient (Wildman–Crippen LogP) is 1.99. The van der Waals surface area contributed by atoms with E-state index in [2.05, 4.69) is 0 Å². The molecule has 0 saturated heterocycles.